The fourth-order valence-corrected chi connectivity index (χ4v) is 4.28. The Bertz CT molecular complexity index is 1030. The third-order valence-electron chi connectivity index (χ3n) is 6.17. The molecule has 1 atom stereocenters. The van der Waals surface area contributed by atoms with E-state index in [1.165, 1.54) is 29.5 Å². The normalized spacial score (nSPS) is 15.4. The molecule has 3 aromatic rings. The summed E-state index contributed by atoms with van der Waals surface area (Å²) in [5.74, 6) is 0.863. The number of carbonyl (C=O) groups excluding carboxylic acids is 1. The largest absolute Gasteiger partial charge is 0.497 e. The van der Waals surface area contributed by atoms with Crippen molar-refractivity contribution in [2.24, 2.45) is 0 Å². The molecule has 5 nitrogen and oxygen atoms in total. The van der Waals surface area contributed by atoms with Crippen LogP contribution in [0.4, 0.5) is 0 Å². The fraction of sp³-hybridized carbons (Fsp3) is 0.400. The van der Waals surface area contributed by atoms with Gasteiger partial charge in [0.1, 0.15) is 11.3 Å². The monoisotopic (exact) mass is 406 g/mol. The van der Waals surface area contributed by atoms with E-state index in [2.05, 4.69) is 42.3 Å². The van der Waals surface area contributed by atoms with E-state index in [9.17, 15) is 4.79 Å². The second-order valence-corrected chi connectivity index (χ2v) is 8.21. The van der Waals surface area contributed by atoms with Crippen molar-refractivity contribution in [2.75, 3.05) is 26.7 Å². The van der Waals surface area contributed by atoms with Crippen LogP contribution in [-0.2, 0) is 11.2 Å². The van der Waals surface area contributed by atoms with Crippen molar-refractivity contribution < 1.29 is 13.9 Å². The number of nitrogens with one attached hydrogen (secondary N) is 1. The van der Waals surface area contributed by atoms with Crippen molar-refractivity contribution in [3.05, 3.63) is 64.9 Å². The van der Waals surface area contributed by atoms with E-state index >= 15 is 0 Å². The molecule has 1 aromatic heterocycles. The topological polar surface area (TPSA) is 54.7 Å². The second-order valence-electron chi connectivity index (χ2n) is 8.21. The smallest absolute Gasteiger partial charge is 0.224 e. The molecule has 30 heavy (non-hydrogen) atoms. The lowest BCUT2D eigenvalue weighted by Gasteiger charge is -2.28. The Kier molecular flexibility index (Phi) is 6.09. The molecular weight excluding hydrogens is 376 g/mol. The van der Waals surface area contributed by atoms with E-state index in [4.69, 9.17) is 9.15 Å². The standard InChI is InChI=1S/C25H30N2O3/c1-17-11-22-20(16-30-24(22)12-18(17)2)14-25(28)26-15-23(27-9-4-5-10-27)19-7-6-8-21(13-19)29-3/h6-8,11-13,16,23H,4-5,9-10,14-15H2,1-3H3,(H,26,28). The average Bonchev–Trinajstić information content (AvgIpc) is 3.40. The van der Waals surface area contributed by atoms with E-state index in [0.29, 0.717) is 13.0 Å². The van der Waals surface area contributed by atoms with Gasteiger partial charge in [-0.3, -0.25) is 9.69 Å². The van der Waals surface area contributed by atoms with E-state index in [1.54, 1.807) is 13.4 Å². The van der Waals surface area contributed by atoms with Gasteiger partial charge in [0.2, 0.25) is 5.91 Å². The van der Waals surface area contributed by atoms with Gasteiger partial charge in [-0.15, -0.1) is 0 Å². The van der Waals surface area contributed by atoms with Crippen LogP contribution in [-0.4, -0.2) is 37.6 Å². The number of likely N-dealkylation sites (tertiary alicyclic amines) is 1. The molecule has 0 spiro atoms. The van der Waals surface area contributed by atoms with Gasteiger partial charge < -0.3 is 14.5 Å². The third kappa shape index (κ3) is 4.36. The van der Waals surface area contributed by atoms with Crippen LogP contribution in [0.1, 0.15) is 41.1 Å². The highest BCUT2D eigenvalue weighted by Gasteiger charge is 2.24. The molecular formula is C25H30N2O3. The number of carbonyl (C=O) groups is 1. The minimum Gasteiger partial charge on any atom is -0.497 e. The van der Waals surface area contributed by atoms with Crippen LogP contribution in [0.3, 0.4) is 0 Å². The number of hydrogen-bond acceptors (Lipinski definition) is 4. The van der Waals surface area contributed by atoms with Gasteiger partial charge in [0.05, 0.1) is 25.8 Å². The number of methoxy groups -OCH3 is 1. The van der Waals surface area contributed by atoms with Crippen LogP contribution in [0.25, 0.3) is 11.0 Å². The number of benzene rings is 2. The first-order valence-corrected chi connectivity index (χ1v) is 10.7. The summed E-state index contributed by atoms with van der Waals surface area (Å²) in [7, 11) is 1.68. The van der Waals surface area contributed by atoms with Gasteiger partial charge in [-0.2, -0.15) is 0 Å². The molecule has 1 amide bonds. The highest BCUT2D eigenvalue weighted by molar-refractivity contribution is 5.88. The van der Waals surface area contributed by atoms with Crippen molar-refractivity contribution in [1.82, 2.24) is 10.2 Å². The molecule has 5 heteroatoms. The van der Waals surface area contributed by atoms with Gasteiger partial charge in [-0.1, -0.05) is 12.1 Å². The number of nitrogens with zero attached hydrogens (tertiary/aromatic N) is 1. The molecule has 1 N–H and O–H groups in total. The molecule has 1 aliphatic heterocycles. The first-order valence-electron chi connectivity index (χ1n) is 10.7. The molecule has 2 heterocycles. The summed E-state index contributed by atoms with van der Waals surface area (Å²) in [5, 5.41) is 4.19. The molecule has 1 unspecified atom stereocenters. The maximum absolute atomic E-state index is 12.8. The number of rotatable bonds is 7. The predicted octanol–water partition coefficient (Wildman–Crippen LogP) is 4.55. The Hall–Kier alpha value is -2.79. The lowest BCUT2D eigenvalue weighted by Crippen LogP contribution is -2.37. The SMILES string of the molecule is COc1cccc(C(CNC(=O)Cc2coc3cc(C)c(C)cc23)N2CCCC2)c1. The van der Waals surface area contributed by atoms with Crippen molar-refractivity contribution in [3.8, 4) is 5.75 Å². The number of fused-ring (bicyclic) bond motifs is 1. The van der Waals surface area contributed by atoms with E-state index in [0.717, 1.165) is 35.4 Å². The minimum atomic E-state index is 0.0167. The minimum absolute atomic E-state index is 0.0167. The summed E-state index contributed by atoms with van der Waals surface area (Å²) in [4.78, 5) is 15.2. The van der Waals surface area contributed by atoms with Crippen molar-refractivity contribution in [2.45, 2.75) is 39.2 Å². The van der Waals surface area contributed by atoms with Crippen LogP contribution in [0.2, 0.25) is 0 Å². The predicted molar refractivity (Wildman–Crippen MR) is 119 cm³/mol. The molecule has 1 saturated heterocycles. The zero-order valence-corrected chi connectivity index (χ0v) is 18.0. The van der Waals surface area contributed by atoms with E-state index < -0.39 is 0 Å². The summed E-state index contributed by atoms with van der Waals surface area (Å²) < 4.78 is 11.1. The summed E-state index contributed by atoms with van der Waals surface area (Å²) >= 11 is 0. The number of amides is 1. The number of ether oxygens (including phenoxy) is 1. The lowest BCUT2D eigenvalue weighted by atomic mass is 10.0. The zero-order valence-electron chi connectivity index (χ0n) is 18.0. The Morgan fingerprint density at radius 3 is 2.70 bits per heavy atom. The summed E-state index contributed by atoms with van der Waals surface area (Å²) in [6.07, 6.45) is 4.44. The molecule has 1 fully saturated rings. The number of furan rings is 1. The number of aryl methyl sites for hydroxylation is 2. The highest BCUT2D eigenvalue weighted by Crippen LogP contribution is 2.28. The van der Waals surface area contributed by atoms with Gasteiger partial charge in [0.25, 0.3) is 0 Å². The molecule has 1 aliphatic rings. The molecule has 4 rings (SSSR count). The Balaban J connectivity index is 1.47. The van der Waals surface area contributed by atoms with Gasteiger partial charge in [0, 0.05) is 17.5 Å². The quantitative estimate of drug-likeness (QED) is 0.625. The maximum atomic E-state index is 12.8. The molecule has 158 valence electrons. The number of hydrogen-bond donors (Lipinski definition) is 1. The second kappa shape index (κ2) is 8.92. The van der Waals surface area contributed by atoms with Crippen LogP contribution >= 0.6 is 0 Å². The van der Waals surface area contributed by atoms with Crippen LogP contribution in [0, 0.1) is 13.8 Å². The Morgan fingerprint density at radius 2 is 1.93 bits per heavy atom. The van der Waals surface area contributed by atoms with Crippen molar-refractivity contribution >= 4 is 16.9 Å². The Labute approximate surface area is 178 Å². The summed E-state index contributed by atoms with van der Waals surface area (Å²) in [5.41, 5.74) is 5.35. The van der Waals surface area contributed by atoms with Gasteiger partial charge in [0.15, 0.2) is 0 Å². The zero-order chi connectivity index (χ0) is 21.1. The Morgan fingerprint density at radius 1 is 1.17 bits per heavy atom. The highest BCUT2D eigenvalue weighted by atomic mass is 16.5. The van der Waals surface area contributed by atoms with E-state index in [1.807, 2.05) is 18.2 Å². The van der Waals surface area contributed by atoms with Gasteiger partial charge in [-0.25, -0.2) is 0 Å². The first-order chi connectivity index (χ1) is 14.5. The summed E-state index contributed by atoms with van der Waals surface area (Å²) in [6.45, 7) is 6.85. The van der Waals surface area contributed by atoms with Crippen LogP contribution in [0.15, 0.2) is 47.1 Å². The maximum Gasteiger partial charge on any atom is 0.224 e. The van der Waals surface area contributed by atoms with Crippen LogP contribution < -0.4 is 10.1 Å². The average molecular weight is 407 g/mol. The van der Waals surface area contributed by atoms with E-state index in [-0.39, 0.29) is 11.9 Å². The van der Waals surface area contributed by atoms with Crippen LogP contribution in [0.5, 0.6) is 5.75 Å². The van der Waals surface area contributed by atoms with Crippen molar-refractivity contribution in [1.29, 1.82) is 0 Å². The molecule has 0 bridgehead atoms. The molecule has 2 aromatic carbocycles. The molecule has 0 aliphatic carbocycles. The first kappa shape index (κ1) is 20.5. The third-order valence-corrected chi connectivity index (χ3v) is 6.17. The molecule has 0 saturated carbocycles. The van der Waals surface area contributed by atoms with Crippen molar-refractivity contribution in [3.63, 3.8) is 0 Å². The summed E-state index contributed by atoms with van der Waals surface area (Å²) in [6, 6.07) is 12.5. The molecule has 0 radical (unpaired) electrons. The van der Waals surface area contributed by atoms with Gasteiger partial charge in [-0.05, 0) is 80.7 Å². The lowest BCUT2D eigenvalue weighted by molar-refractivity contribution is -0.120. The fourth-order valence-electron chi connectivity index (χ4n) is 4.28. The van der Waals surface area contributed by atoms with Gasteiger partial charge >= 0.3 is 0 Å².